The molecule has 140 valence electrons. The number of hydrogen-bond donors (Lipinski definition) is 2. The Morgan fingerprint density at radius 2 is 1.92 bits per heavy atom. The number of amides is 1. The topological polar surface area (TPSA) is 94.0 Å². The van der Waals surface area contributed by atoms with Crippen molar-refractivity contribution in [2.45, 2.75) is 78.2 Å². The molecule has 1 heterocycles. The minimum atomic E-state index is -0.338. The predicted octanol–water partition coefficient (Wildman–Crippen LogP) is 2.99. The molecule has 24 heavy (non-hydrogen) atoms. The van der Waals surface area contributed by atoms with E-state index in [-0.39, 0.29) is 29.3 Å². The molecule has 0 bridgehead atoms. The first-order valence-electron chi connectivity index (χ1n) is 8.40. The van der Waals surface area contributed by atoms with Crippen LogP contribution in [-0.2, 0) is 16.6 Å². The van der Waals surface area contributed by atoms with Gasteiger partial charge in [-0.2, -0.15) is 4.98 Å². The molecule has 7 heteroatoms. The fourth-order valence-electron chi connectivity index (χ4n) is 2.55. The smallest absolute Gasteiger partial charge is 0.226 e. The summed E-state index contributed by atoms with van der Waals surface area (Å²) in [5.74, 6) is 1.79. The highest BCUT2D eigenvalue weighted by molar-refractivity contribution is 5.85. The van der Waals surface area contributed by atoms with E-state index in [1.54, 1.807) is 0 Å². The molecule has 1 atom stereocenters. The van der Waals surface area contributed by atoms with E-state index in [0.29, 0.717) is 43.4 Å². The Bertz CT molecular complexity index is 511. The molecule has 0 aliphatic heterocycles. The zero-order valence-corrected chi connectivity index (χ0v) is 16.6. The molecule has 6 nitrogen and oxygen atoms in total. The van der Waals surface area contributed by atoms with Crippen LogP contribution in [0.15, 0.2) is 4.52 Å². The highest BCUT2D eigenvalue weighted by Gasteiger charge is 2.25. The summed E-state index contributed by atoms with van der Waals surface area (Å²) >= 11 is 0. The second-order valence-electron chi connectivity index (χ2n) is 8.03. The molecule has 0 fully saturated rings. The van der Waals surface area contributed by atoms with Crippen molar-refractivity contribution in [1.82, 2.24) is 15.5 Å². The molecule has 3 N–H and O–H groups in total. The molecule has 1 aromatic rings. The van der Waals surface area contributed by atoms with Crippen molar-refractivity contribution < 1.29 is 9.32 Å². The van der Waals surface area contributed by atoms with Crippen LogP contribution in [-0.4, -0.2) is 28.1 Å². The van der Waals surface area contributed by atoms with Crippen LogP contribution in [0.5, 0.6) is 0 Å². The van der Waals surface area contributed by atoms with Crippen molar-refractivity contribution in [2.75, 3.05) is 6.54 Å². The van der Waals surface area contributed by atoms with Crippen molar-refractivity contribution >= 4 is 18.3 Å². The molecule has 0 radical (unpaired) electrons. The lowest BCUT2D eigenvalue weighted by atomic mass is 9.90. The molecular formula is C17H33ClN4O2. The molecule has 0 aromatic carbocycles. The van der Waals surface area contributed by atoms with Gasteiger partial charge in [0.2, 0.25) is 11.8 Å². The minimum absolute atomic E-state index is 0. The van der Waals surface area contributed by atoms with E-state index in [2.05, 4.69) is 29.3 Å². The van der Waals surface area contributed by atoms with Gasteiger partial charge in [-0.15, -0.1) is 12.4 Å². The summed E-state index contributed by atoms with van der Waals surface area (Å²) in [4.78, 5) is 16.5. The normalized spacial score (nSPS) is 14.2. The van der Waals surface area contributed by atoms with Crippen LogP contribution in [0, 0.1) is 5.92 Å². The zero-order valence-electron chi connectivity index (χ0n) is 15.8. The number of aromatic nitrogens is 2. The van der Waals surface area contributed by atoms with E-state index in [4.69, 9.17) is 10.3 Å². The molecule has 1 aromatic heterocycles. The van der Waals surface area contributed by atoms with Crippen LogP contribution in [0.25, 0.3) is 0 Å². The lowest BCUT2D eigenvalue weighted by Crippen LogP contribution is -2.52. The number of nitrogens with one attached hydrogen (secondary N) is 1. The van der Waals surface area contributed by atoms with Crippen LogP contribution in [0.1, 0.15) is 72.5 Å². The Labute approximate surface area is 151 Å². The van der Waals surface area contributed by atoms with Crippen LogP contribution in [0.3, 0.4) is 0 Å². The summed E-state index contributed by atoms with van der Waals surface area (Å²) in [5, 5.41) is 7.05. The average Bonchev–Trinajstić information content (AvgIpc) is 2.86. The summed E-state index contributed by atoms with van der Waals surface area (Å²) in [7, 11) is 0. The second-order valence-corrected chi connectivity index (χ2v) is 8.03. The number of nitrogens with two attached hydrogens (primary N) is 1. The van der Waals surface area contributed by atoms with Crippen molar-refractivity contribution in [3.8, 4) is 0 Å². The molecular weight excluding hydrogens is 328 g/mol. The van der Waals surface area contributed by atoms with Gasteiger partial charge in [-0.25, -0.2) is 0 Å². The van der Waals surface area contributed by atoms with Gasteiger partial charge >= 0.3 is 0 Å². The largest absolute Gasteiger partial charge is 0.350 e. The number of carbonyl (C=O) groups excluding carboxylic acids is 1. The SMILES string of the molecule is CC(C)CC(C)(CN)NC(=O)CCCc1nc(C(C)(C)C)no1.Cl. The van der Waals surface area contributed by atoms with Crippen LogP contribution in [0.4, 0.5) is 0 Å². The maximum Gasteiger partial charge on any atom is 0.226 e. The first kappa shape index (κ1) is 22.9. The van der Waals surface area contributed by atoms with Crippen molar-refractivity contribution in [1.29, 1.82) is 0 Å². The van der Waals surface area contributed by atoms with Gasteiger partial charge in [-0.1, -0.05) is 39.8 Å². The maximum absolute atomic E-state index is 12.1. The molecule has 0 saturated heterocycles. The Hall–Kier alpha value is -1.14. The Balaban J connectivity index is 0.00000529. The van der Waals surface area contributed by atoms with E-state index in [1.807, 2.05) is 27.7 Å². The monoisotopic (exact) mass is 360 g/mol. The number of carbonyl (C=O) groups is 1. The van der Waals surface area contributed by atoms with Gasteiger partial charge in [0.05, 0.1) is 0 Å². The summed E-state index contributed by atoms with van der Waals surface area (Å²) in [6.07, 6.45) is 2.59. The van der Waals surface area contributed by atoms with E-state index >= 15 is 0 Å². The third-order valence-electron chi connectivity index (χ3n) is 3.68. The predicted molar refractivity (Wildman–Crippen MR) is 98.2 cm³/mol. The molecule has 0 aliphatic carbocycles. The molecule has 1 rings (SSSR count). The Morgan fingerprint density at radius 3 is 2.38 bits per heavy atom. The van der Waals surface area contributed by atoms with Gasteiger partial charge < -0.3 is 15.6 Å². The molecule has 1 amide bonds. The number of aryl methyl sites for hydroxylation is 1. The molecule has 1 unspecified atom stereocenters. The Kier molecular flexibility index (Phi) is 8.93. The van der Waals surface area contributed by atoms with E-state index < -0.39 is 0 Å². The van der Waals surface area contributed by atoms with Crippen molar-refractivity contribution in [2.24, 2.45) is 11.7 Å². The van der Waals surface area contributed by atoms with Crippen LogP contribution >= 0.6 is 12.4 Å². The van der Waals surface area contributed by atoms with E-state index in [0.717, 1.165) is 6.42 Å². The number of halogens is 1. The minimum Gasteiger partial charge on any atom is -0.350 e. The summed E-state index contributed by atoms with van der Waals surface area (Å²) in [6, 6.07) is 0. The average molecular weight is 361 g/mol. The van der Waals surface area contributed by atoms with Crippen molar-refractivity contribution in [3.63, 3.8) is 0 Å². The first-order valence-corrected chi connectivity index (χ1v) is 8.40. The highest BCUT2D eigenvalue weighted by Crippen LogP contribution is 2.19. The maximum atomic E-state index is 12.1. The first-order chi connectivity index (χ1) is 10.6. The fraction of sp³-hybridized carbons (Fsp3) is 0.824. The Morgan fingerprint density at radius 1 is 1.29 bits per heavy atom. The molecule has 0 aliphatic rings. The zero-order chi connectivity index (χ0) is 17.7. The third kappa shape index (κ3) is 7.62. The standard InChI is InChI=1S/C17H32N4O2.ClH/c1-12(2)10-17(6,11-18)20-13(22)8-7-9-14-19-15(21-23-14)16(3,4)5;/h12H,7-11,18H2,1-6H3,(H,20,22);1H. The quantitative estimate of drug-likeness (QED) is 0.743. The second kappa shape index (κ2) is 9.37. The van der Waals surface area contributed by atoms with Gasteiger partial charge in [0.15, 0.2) is 5.82 Å². The fourth-order valence-corrected chi connectivity index (χ4v) is 2.55. The number of rotatable bonds is 8. The summed E-state index contributed by atoms with van der Waals surface area (Å²) < 4.78 is 5.23. The van der Waals surface area contributed by atoms with Gasteiger partial charge in [-0.3, -0.25) is 4.79 Å². The number of hydrogen-bond acceptors (Lipinski definition) is 5. The van der Waals surface area contributed by atoms with Gasteiger partial charge in [-0.05, 0) is 25.7 Å². The summed E-state index contributed by atoms with van der Waals surface area (Å²) in [5.41, 5.74) is 5.35. The van der Waals surface area contributed by atoms with E-state index in [1.165, 1.54) is 0 Å². The molecule has 0 saturated carbocycles. The highest BCUT2D eigenvalue weighted by atomic mass is 35.5. The lowest BCUT2D eigenvalue weighted by Gasteiger charge is -2.31. The van der Waals surface area contributed by atoms with Crippen LogP contribution in [0.2, 0.25) is 0 Å². The lowest BCUT2D eigenvalue weighted by molar-refractivity contribution is -0.123. The molecule has 0 spiro atoms. The van der Waals surface area contributed by atoms with Crippen molar-refractivity contribution in [3.05, 3.63) is 11.7 Å². The van der Waals surface area contributed by atoms with Gasteiger partial charge in [0.25, 0.3) is 0 Å². The van der Waals surface area contributed by atoms with Crippen LogP contribution < -0.4 is 11.1 Å². The van der Waals surface area contributed by atoms with Gasteiger partial charge in [0.1, 0.15) is 0 Å². The third-order valence-corrected chi connectivity index (χ3v) is 3.68. The van der Waals surface area contributed by atoms with E-state index in [9.17, 15) is 4.79 Å². The van der Waals surface area contributed by atoms with Gasteiger partial charge in [0, 0.05) is 30.3 Å². The summed E-state index contributed by atoms with van der Waals surface area (Å²) in [6.45, 7) is 12.8. The number of nitrogens with zero attached hydrogens (tertiary/aromatic N) is 2.